The van der Waals surface area contributed by atoms with Crippen molar-refractivity contribution in [1.29, 1.82) is 0 Å². The molecule has 3 nitrogen and oxygen atoms in total. The molecule has 10 rings (SSSR count). The van der Waals surface area contributed by atoms with Crippen molar-refractivity contribution in [1.82, 2.24) is 9.55 Å². The number of rotatable bonds is 6. The second kappa shape index (κ2) is 12.4. The van der Waals surface area contributed by atoms with E-state index < -0.39 is 13.3 Å². The van der Waals surface area contributed by atoms with Gasteiger partial charge < -0.3 is 0 Å². The normalized spacial score (nSPS) is 19.7. The molecule has 0 bridgehead atoms. The van der Waals surface area contributed by atoms with E-state index in [9.17, 15) is 0 Å². The van der Waals surface area contributed by atoms with Gasteiger partial charge in [-0.05, 0) is 0 Å². The van der Waals surface area contributed by atoms with Crippen LogP contribution in [0.3, 0.4) is 0 Å². The molecule has 0 saturated heterocycles. The van der Waals surface area contributed by atoms with Crippen molar-refractivity contribution in [2.45, 2.75) is 50.5 Å². The molecule has 0 spiro atoms. The third kappa shape index (κ3) is 4.56. The average molecular weight is 747 g/mol. The van der Waals surface area contributed by atoms with Gasteiger partial charge in [0, 0.05) is 0 Å². The summed E-state index contributed by atoms with van der Waals surface area (Å²) in [4.78, 5) is 7.68. The molecule has 0 radical (unpaired) electrons. The summed E-state index contributed by atoms with van der Waals surface area (Å²) < 4.78 is 8.24. The standard InChI is InChI=1S/C49H43GeN3/c1-48-32-16-17-33-49(48,2)53(47-42(48)26-18-34-51-47)39-30-31-45-41(35-39)40-25-12-14-28-44(40)52(45)46-29-15-13-27-43(46)50(36-19-6-3-7-20-36,37-21-8-4-9-22-37)38-23-10-5-11-24-38/h3-15,18-31,34-35H,16-17,32-33H2,1-2H3. The Morgan fingerprint density at radius 2 is 1.13 bits per heavy atom. The van der Waals surface area contributed by atoms with Crippen LogP contribution in [-0.4, -0.2) is 28.4 Å². The molecule has 0 N–H and O–H groups in total. The van der Waals surface area contributed by atoms with E-state index in [0.29, 0.717) is 0 Å². The van der Waals surface area contributed by atoms with E-state index in [2.05, 4.69) is 193 Å². The SMILES string of the molecule is CC12CCCCC1(C)N(c1ccc3c(c1)c1ccccc1n3-c1cccc[c]1[Ge]([c]1ccccc1)([c]1ccccc1)[c]1ccccc1)c1ncccc12. The fourth-order valence-corrected chi connectivity index (χ4v) is 20.7. The predicted octanol–water partition coefficient (Wildman–Crippen LogP) is 9.30. The fourth-order valence-electron chi connectivity index (χ4n) is 10.3. The van der Waals surface area contributed by atoms with Crippen LogP contribution in [-0.2, 0) is 5.41 Å². The van der Waals surface area contributed by atoms with E-state index in [1.54, 1.807) is 0 Å². The Balaban J connectivity index is 1.25. The zero-order valence-corrected chi connectivity index (χ0v) is 32.5. The van der Waals surface area contributed by atoms with E-state index >= 15 is 0 Å². The first-order valence-corrected chi connectivity index (χ1v) is 23.3. The number of pyridine rings is 1. The summed E-state index contributed by atoms with van der Waals surface area (Å²) in [6, 6.07) is 63.9. The van der Waals surface area contributed by atoms with Gasteiger partial charge in [-0.1, -0.05) is 0 Å². The molecular weight excluding hydrogens is 703 g/mol. The van der Waals surface area contributed by atoms with Crippen molar-refractivity contribution < 1.29 is 0 Å². The Morgan fingerprint density at radius 3 is 1.83 bits per heavy atom. The summed E-state index contributed by atoms with van der Waals surface area (Å²) in [5, 5.41) is 2.55. The molecule has 1 fully saturated rings. The van der Waals surface area contributed by atoms with Crippen LogP contribution in [0.15, 0.2) is 176 Å². The van der Waals surface area contributed by atoms with Crippen molar-refractivity contribution >= 4 is 64.2 Å². The molecular formula is C49H43GeN3. The molecule has 1 aliphatic carbocycles. The molecule has 0 amide bonds. The number of hydrogen-bond donors (Lipinski definition) is 0. The van der Waals surface area contributed by atoms with Gasteiger partial charge in [0.25, 0.3) is 0 Å². The van der Waals surface area contributed by atoms with Crippen molar-refractivity contribution in [3.05, 3.63) is 182 Å². The van der Waals surface area contributed by atoms with Gasteiger partial charge in [-0.15, -0.1) is 0 Å². The minimum absolute atomic E-state index is 0.0468. The van der Waals surface area contributed by atoms with Crippen molar-refractivity contribution in [2.24, 2.45) is 0 Å². The Morgan fingerprint density at radius 1 is 0.547 bits per heavy atom. The second-order valence-corrected chi connectivity index (χ2v) is 23.4. The van der Waals surface area contributed by atoms with E-state index in [-0.39, 0.29) is 11.0 Å². The Bertz CT molecular complexity index is 2520. The van der Waals surface area contributed by atoms with Gasteiger partial charge in [-0.3, -0.25) is 0 Å². The van der Waals surface area contributed by atoms with Crippen LogP contribution in [0.1, 0.15) is 45.1 Å². The summed E-state index contributed by atoms with van der Waals surface area (Å²) in [5.41, 5.74) is 6.34. The fraction of sp³-hybridized carbons (Fsp3) is 0.163. The predicted molar refractivity (Wildman–Crippen MR) is 225 cm³/mol. The molecule has 2 atom stereocenters. The molecule has 53 heavy (non-hydrogen) atoms. The Hall–Kier alpha value is -5.39. The summed E-state index contributed by atoms with van der Waals surface area (Å²) in [5.74, 6) is 1.12. The first kappa shape index (κ1) is 32.3. The van der Waals surface area contributed by atoms with Gasteiger partial charge in [-0.25, -0.2) is 0 Å². The number of fused-ring (bicyclic) bond motifs is 6. The summed E-state index contributed by atoms with van der Waals surface area (Å²) in [6.45, 7) is 4.97. The third-order valence-electron chi connectivity index (χ3n) is 12.9. The first-order chi connectivity index (χ1) is 26.1. The van der Waals surface area contributed by atoms with Crippen LogP contribution >= 0.6 is 0 Å². The van der Waals surface area contributed by atoms with E-state index in [0.717, 1.165) is 12.2 Å². The minimum atomic E-state index is -3.61. The number of nitrogens with zero attached hydrogens (tertiary/aromatic N) is 3. The van der Waals surface area contributed by atoms with Crippen LogP contribution in [0.2, 0.25) is 0 Å². The zero-order valence-electron chi connectivity index (χ0n) is 30.4. The maximum atomic E-state index is 5.08. The number of aromatic nitrogens is 2. The molecule has 1 aliphatic heterocycles. The number of para-hydroxylation sites is 2. The van der Waals surface area contributed by atoms with Crippen LogP contribution in [0.25, 0.3) is 27.5 Å². The van der Waals surface area contributed by atoms with Gasteiger partial charge in [0.15, 0.2) is 0 Å². The van der Waals surface area contributed by atoms with Gasteiger partial charge >= 0.3 is 316 Å². The first-order valence-electron chi connectivity index (χ1n) is 19.1. The van der Waals surface area contributed by atoms with Crippen molar-refractivity contribution in [3.8, 4) is 5.69 Å². The third-order valence-corrected chi connectivity index (χ3v) is 23.1. The van der Waals surface area contributed by atoms with Crippen LogP contribution in [0, 0.1) is 0 Å². The van der Waals surface area contributed by atoms with Gasteiger partial charge in [0.2, 0.25) is 0 Å². The summed E-state index contributed by atoms with van der Waals surface area (Å²) in [7, 11) is 0. The maximum absolute atomic E-state index is 5.08. The number of anilines is 2. The molecule has 3 heterocycles. The van der Waals surface area contributed by atoms with E-state index in [4.69, 9.17) is 4.98 Å². The molecule has 2 aliphatic rings. The van der Waals surface area contributed by atoms with Crippen molar-refractivity contribution in [2.75, 3.05) is 4.90 Å². The molecule has 2 unspecified atom stereocenters. The van der Waals surface area contributed by atoms with Gasteiger partial charge in [-0.2, -0.15) is 0 Å². The number of benzene rings is 6. The molecule has 6 aromatic carbocycles. The number of hydrogen-bond acceptors (Lipinski definition) is 2. The van der Waals surface area contributed by atoms with Crippen LogP contribution in [0.4, 0.5) is 11.5 Å². The van der Waals surface area contributed by atoms with Crippen molar-refractivity contribution in [3.63, 3.8) is 0 Å². The summed E-state index contributed by atoms with van der Waals surface area (Å²) in [6.07, 6.45) is 6.82. The Kier molecular flexibility index (Phi) is 7.52. The molecule has 1 saturated carbocycles. The second-order valence-electron chi connectivity index (χ2n) is 15.4. The molecule has 4 heteroatoms. The average Bonchev–Trinajstić information content (AvgIpc) is 3.65. The topological polar surface area (TPSA) is 21.1 Å². The van der Waals surface area contributed by atoms with E-state index in [1.165, 1.54) is 75.6 Å². The van der Waals surface area contributed by atoms with E-state index in [1.807, 2.05) is 6.20 Å². The van der Waals surface area contributed by atoms with Gasteiger partial charge in [0.1, 0.15) is 0 Å². The molecule has 258 valence electrons. The van der Waals surface area contributed by atoms with Crippen LogP contribution < -0.4 is 22.5 Å². The zero-order chi connectivity index (χ0) is 35.6. The quantitative estimate of drug-likeness (QED) is 0.158. The Labute approximate surface area is 314 Å². The molecule has 8 aromatic rings. The van der Waals surface area contributed by atoms with Crippen LogP contribution in [0.5, 0.6) is 0 Å². The monoisotopic (exact) mass is 747 g/mol. The summed E-state index contributed by atoms with van der Waals surface area (Å²) >= 11 is -3.61. The van der Waals surface area contributed by atoms with Gasteiger partial charge in [0.05, 0.1) is 0 Å². The molecule has 2 aromatic heterocycles.